The van der Waals surface area contributed by atoms with Gasteiger partial charge in [0, 0.05) is 47.8 Å². The van der Waals surface area contributed by atoms with Crippen LogP contribution >= 0.6 is 11.8 Å². The summed E-state index contributed by atoms with van der Waals surface area (Å²) in [6.07, 6.45) is 6.99. The number of anilines is 3. The standard InChI is InChI=1S/C22H29N7O3S.C4H6O/c1-15-13-19(28-27-15)24-18-14-21(32-12-6-4-3-5-7-20(30)29-31)26-22(25-18)33-17-10-8-16(23-2)9-11-17;5-3-4-1-2-4/h8-11,13-14,23,31H,3-7,12H2,1-2H3,(H,29,30)(H2,24,25,26,27,28);3-4H,1-2H2. The number of rotatable bonds is 14. The van der Waals surface area contributed by atoms with E-state index in [1.165, 1.54) is 11.8 Å². The zero-order valence-electron chi connectivity index (χ0n) is 21.7. The van der Waals surface area contributed by atoms with Crippen LogP contribution in [0.3, 0.4) is 0 Å². The molecule has 38 heavy (non-hydrogen) atoms. The van der Waals surface area contributed by atoms with E-state index >= 15 is 0 Å². The third-order valence-electron chi connectivity index (χ3n) is 5.48. The van der Waals surface area contributed by atoms with Crippen molar-refractivity contribution in [2.75, 3.05) is 24.3 Å². The molecule has 12 heteroatoms. The highest BCUT2D eigenvalue weighted by atomic mass is 32.2. The third-order valence-corrected chi connectivity index (χ3v) is 6.36. The Bertz CT molecular complexity index is 1150. The molecule has 4 rings (SSSR count). The molecule has 0 atom stereocenters. The summed E-state index contributed by atoms with van der Waals surface area (Å²) in [6, 6.07) is 11.7. The van der Waals surface area contributed by atoms with Gasteiger partial charge in [0.05, 0.1) is 6.61 Å². The fraction of sp³-hybridized carbons (Fsp3) is 0.423. The summed E-state index contributed by atoms with van der Waals surface area (Å²) in [7, 11) is 1.88. The SMILES string of the molecule is CNc1ccc(Sc2nc(Nc3cc(C)[nH]n3)cc(OCCCCCCC(=O)NO)n2)cc1.O=CC1CC1. The van der Waals surface area contributed by atoms with Crippen LogP contribution in [0.1, 0.15) is 50.6 Å². The highest BCUT2D eigenvalue weighted by Crippen LogP contribution is 2.29. The maximum atomic E-state index is 11.0. The van der Waals surface area contributed by atoms with E-state index in [0.29, 0.717) is 41.6 Å². The minimum Gasteiger partial charge on any atom is -0.478 e. The maximum Gasteiger partial charge on any atom is 0.243 e. The van der Waals surface area contributed by atoms with E-state index < -0.39 is 0 Å². The van der Waals surface area contributed by atoms with Crippen LogP contribution in [-0.2, 0) is 9.59 Å². The highest BCUT2D eigenvalue weighted by Gasteiger charge is 2.19. The topological polar surface area (TPSA) is 154 Å². The van der Waals surface area contributed by atoms with E-state index in [9.17, 15) is 9.59 Å². The van der Waals surface area contributed by atoms with Crippen molar-refractivity contribution in [3.63, 3.8) is 0 Å². The number of carbonyl (C=O) groups excluding carboxylic acids is 2. The van der Waals surface area contributed by atoms with Crippen molar-refractivity contribution in [2.24, 2.45) is 5.92 Å². The molecule has 0 unspecified atom stereocenters. The van der Waals surface area contributed by atoms with Gasteiger partial charge < -0.3 is 20.2 Å². The number of nitrogens with one attached hydrogen (secondary N) is 4. The quantitative estimate of drug-likeness (QED) is 0.0627. The number of hydrogen-bond donors (Lipinski definition) is 5. The van der Waals surface area contributed by atoms with Gasteiger partial charge in [-0.1, -0.05) is 12.8 Å². The van der Waals surface area contributed by atoms with Crippen molar-refractivity contribution in [3.05, 3.63) is 42.1 Å². The van der Waals surface area contributed by atoms with Crippen molar-refractivity contribution in [3.8, 4) is 5.88 Å². The number of hydroxylamine groups is 1. The number of hydrogen-bond acceptors (Lipinski definition) is 10. The minimum atomic E-state index is -0.356. The van der Waals surface area contributed by atoms with Gasteiger partial charge in [0.1, 0.15) is 12.1 Å². The minimum absolute atomic E-state index is 0.320. The number of nitrogens with zero attached hydrogens (tertiary/aromatic N) is 3. The summed E-state index contributed by atoms with van der Waals surface area (Å²) >= 11 is 1.45. The molecule has 0 spiro atoms. The fourth-order valence-corrected chi connectivity index (χ4v) is 3.96. The molecule has 1 amide bonds. The van der Waals surface area contributed by atoms with E-state index in [0.717, 1.165) is 61.1 Å². The van der Waals surface area contributed by atoms with Crippen molar-refractivity contribution < 1.29 is 19.5 Å². The molecule has 1 saturated carbocycles. The molecule has 0 bridgehead atoms. The van der Waals surface area contributed by atoms with Gasteiger partial charge in [-0.3, -0.25) is 15.1 Å². The van der Waals surface area contributed by atoms with Crippen molar-refractivity contribution >= 4 is 41.3 Å². The molecule has 1 aromatic carbocycles. The molecule has 1 aliphatic rings. The van der Waals surface area contributed by atoms with E-state index in [1.54, 1.807) is 11.5 Å². The second-order valence-electron chi connectivity index (χ2n) is 8.83. The van der Waals surface area contributed by atoms with E-state index in [1.807, 2.05) is 44.3 Å². The first kappa shape index (κ1) is 28.9. The highest BCUT2D eigenvalue weighted by molar-refractivity contribution is 7.99. The third kappa shape index (κ3) is 10.8. The van der Waals surface area contributed by atoms with E-state index in [2.05, 4.69) is 30.8 Å². The molecule has 1 aliphatic carbocycles. The summed E-state index contributed by atoms with van der Waals surface area (Å²) in [5, 5.41) is 22.5. The van der Waals surface area contributed by atoms with Crippen LogP contribution < -0.4 is 20.9 Å². The summed E-state index contributed by atoms with van der Waals surface area (Å²) in [5.41, 5.74) is 3.62. The van der Waals surface area contributed by atoms with Crippen molar-refractivity contribution in [1.82, 2.24) is 25.6 Å². The first-order valence-electron chi connectivity index (χ1n) is 12.6. The summed E-state index contributed by atoms with van der Waals surface area (Å²) in [4.78, 5) is 30.8. The van der Waals surface area contributed by atoms with Gasteiger partial charge in [0.2, 0.25) is 11.8 Å². The lowest BCUT2D eigenvalue weighted by Crippen LogP contribution is -2.17. The fourth-order valence-electron chi connectivity index (χ4n) is 3.20. The maximum absolute atomic E-state index is 11.0. The van der Waals surface area contributed by atoms with Gasteiger partial charge in [-0.05, 0) is 68.6 Å². The van der Waals surface area contributed by atoms with Crippen LogP contribution in [0.5, 0.6) is 5.88 Å². The van der Waals surface area contributed by atoms with Gasteiger partial charge in [-0.25, -0.2) is 10.5 Å². The van der Waals surface area contributed by atoms with Gasteiger partial charge in [0.15, 0.2) is 11.0 Å². The predicted octanol–water partition coefficient (Wildman–Crippen LogP) is 4.87. The molecule has 204 valence electrons. The van der Waals surface area contributed by atoms with Gasteiger partial charge in [-0.15, -0.1) is 0 Å². The molecule has 1 fully saturated rings. The molecule has 3 aromatic rings. The van der Waals surface area contributed by atoms with Gasteiger partial charge in [0.25, 0.3) is 0 Å². The number of benzene rings is 1. The molecule has 0 aliphatic heterocycles. The molecular formula is C26H35N7O4S. The van der Waals surface area contributed by atoms with Crippen LogP contribution in [0.25, 0.3) is 0 Å². The summed E-state index contributed by atoms with van der Waals surface area (Å²) in [5.74, 6) is 1.84. The Hall–Kier alpha value is -3.64. The van der Waals surface area contributed by atoms with Crippen LogP contribution in [0.4, 0.5) is 17.3 Å². The molecule has 0 radical (unpaired) electrons. The van der Waals surface area contributed by atoms with Gasteiger partial charge >= 0.3 is 0 Å². The Kier molecular flexibility index (Phi) is 11.9. The summed E-state index contributed by atoms with van der Waals surface area (Å²) in [6.45, 7) is 2.43. The molecule has 2 aromatic heterocycles. The lowest BCUT2D eigenvalue weighted by molar-refractivity contribution is -0.129. The number of amides is 1. The second-order valence-corrected chi connectivity index (χ2v) is 9.87. The monoisotopic (exact) mass is 541 g/mol. The largest absolute Gasteiger partial charge is 0.478 e. The average molecular weight is 542 g/mol. The van der Waals surface area contributed by atoms with E-state index in [-0.39, 0.29) is 5.91 Å². The molecule has 11 nitrogen and oxygen atoms in total. The number of aromatic nitrogens is 4. The lowest BCUT2D eigenvalue weighted by Gasteiger charge is -2.10. The number of aryl methyl sites for hydroxylation is 1. The number of aromatic amines is 1. The predicted molar refractivity (Wildman–Crippen MR) is 146 cm³/mol. The second kappa shape index (κ2) is 15.6. The summed E-state index contributed by atoms with van der Waals surface area (Å²) < 4.78 is 5.89. The van der Waals surface area contributed by atoms with Crippen molar-refractivity contribution in [1.29, 1.82) is 0 Å². The average Bonchev–Trinajstić information content (AvgIpc) is 3.69. The Labute approximate surface area is 226 Å². The smallest absolute Gasteiger partial charge is 0.243 e. The molecule has 2 heterocycles. The molecular weight excluding hydrogens is 506 g/mol. The Morgan fingerprint density at radius 1 is 1.13 bits per heavy atom. The Balaban J connectivity index is 0.000000715. The van der Waals surface area contributed by atoms with Crippen LogP contribution in [0, 0.1) is 12.8 Å². The van der Waals surface area contributed by atoms with Crippen LogP contribution in [-0.4, -0.2) is 51.2 Å². The number of aldehydes is 1. The number of H-pyrrole nitrogens is 1. The Morgan fingerprint density at radius 2 is 1.89 bits per heavy atom. The van der Waals surface area contributed by atoms with Crippen molar-refractivity contribution in [2.45, 2.75) is 61.9 Å². The Morgan fingerprint density at radius 3 is 2.50 bits per heavy atom. The lowest BCUT2D eigenvalue weighted by atomic mass is 10.1. The number of unbranched alkanes of at least 4 members (excludes halogenated alkanes) is 3. The zero-order chi connectivity index (χ0) is 27.2. The van der Waals surface area contributed by atoms with E-state index in [4.69, 9.17) is 9.94 Å². The van der Waals surface area contributed by atoms with Crippen LogP contribution in [0.15, 0.2) is 46.5 Å². The van der Waals surface area contributed by atoms with Crippen LogP contribution in [0.2, 0.25) is 0 Å². The molecule has 5 N–H and O–H groups in total. The van der Waals surface area contributed by atoms with Gasteiger partial charge in [-0.2, -0.15) is 10.1 Å². The molecule has 0 saturated heterocycles. The first-order valence-corrected chi connectivity index (χ1v) is 13.5. The first-order chi connectivity index (χ1) is 18.5. The number of ether oxygens (including phenoxy) is 1. The normalized spacial score (nSPS) is 12.2. The number of carbonyl (C=O) groups is 2. The zero-order valence-corrected chi connectivity index (χ0v) is 22.5.